The summed E-state index contributed by atoms with van der Waals surface area (Å²) in [5.41, 5.74) is 5.67. The van der Waals surface area contributed by atoms with E-state index < -0.39 is 0 Å². The lowest BCUT2D eigenvalue weighted by molar-refractivity contribution is 0.102. The molecule has 0 aliphatic rings. The Morgan fingerprint density at radius 2 is 1.83 bits per heavy atom. The minimum absolute atomic E-state index is 0.286. The number of carbonyl (C=O) groups excluding carboxylic acids is 1. The number of fused-ring (bicyclic) bond motifs is 1. The number of methoxy groups -OCH3 is 1. The van der Waals surface area contributed by atoms with Gasteiger partial charge in [-0.15, -0.1) is 0 Å². The number of rotatable bonds is 4. The lowest BCUT2D eigenvalue weighted by atomic mass is 10.1. The number of carbonyl (C=O) groups is 1. The van der Waals surface area contributed by atoms with E-state index >= 15 is 0 Å². The number of hydrogen-bond acceptors (Lipinski definition) is 4. The lowest BCUT2D eigenvalue weighted by Crippen LogP contribution is -2.13. The molecular weight excluding hydrogens is 512 g/mol. The molecule has 30 heavy (non-hydrogen) atoms. The second-order valence-corrected chi connectivity index (χ2v) is 8.69. The number of halogens is 2. The van der Waals surface area contributed by atoms with Crippen LogP contribution < -0.4 is 10.1 Å². The van der Waals surface area contributed by atoms with Gasteiger partial charge in [0.1, 0.15) is 11.3 Å². The molecule has 7 heteroatoms. The zero-order valence-corrected chi connectivity index (χ0v) is 19.7. The molecule has 1 aromatic heterocycles. The minimum Gasteiger partial charge on any atom is -0.495 e. The number of oxazole rings is 1. The van der Waals surface area contributed by atoms with Gasteiger partial charge in [-0.25, -0.2) is 4.98 Å². The van der Waals surface area contributed by atoms with E-state index in [9.17, 15) is 4.79 Å². The van der Waals surface area contributed by atoms with Crippen LogP contribution in [0.15, 0.2) is 61.9 Å². The van der Waals surface area contributed by atoms with Crippen LogP contribution >= 0.6 is 31.9 Å². The number of nitrogens with zero attached hydrogens (tertiary/aromatic N) is 1. The van der Waals surface area contributed by atoms with E-state index in [1.165, 1.54) is 18.2 Å². The summed E-state index contributed by atoms with van der Waals surface area (Å²) in [6.45, 7) is 4.13. The Morgan fingerprint density at radius 3 is 2.57 bits per heavy atom. The number of ether oxygens (including phenoxy) is 1. The zero-order valence-electron chi connectivity index (χ0n) is 16.5. The Labute approximate surface area is 190 Å². The highest BCUT2D eigenvalue weighted by Gasteiger charge is 2.17. The van der Waals surface area contributed by atoms with Gasteiger partial charge in [-0.2, -0.15) is 0 Å². The van der Waals surface area contributed by atoms with Gasteiger partial charge < -0.3 is 14.5 Å². The summed E-state index contributed by atoms with van der Waals surface area (Å²) < 4.78 is 12.7. The standard InChI is InChI=1S/C23H18Br2N2O3/c1-12-4-5-14(8-13(12)2)23-27-19-11-16(6-7-20(19)30-23)26-22(28)17-9-15(24)10-18(25)21(17)29-3/h4-11H,1-3H3,(H,26,28). The van der Waals surface area contributed by atoms with Gasteiger partial charge in [-0.1, -0.05) is 22.0 Å². The van der Waals surface area contributed by atoms with Crippen LogP contribution in [-0.2, 0) is 0 Å². The van der Waals surface area contributed by atoms with E-state index in [-0.39, 0.29) is 5.91 Å². The summed E-state index contributed by atoms with van der Waals surface area (Å²) in [7, 11) is 1.53. The fourth-order valence-corrected chi connectivity index (χ4v) is 4.53. The molecule has 1 heterocycles. The molecule has 0 spiro atoms. The van der Waals surface area contributed by atoms with Crippen LogP contribution in [0.2, 0.25) is 0 Å². The summed E-state index contributed by atoms with van der Waals surface area (Å²) in [6, 6.07) is 15.0. The molecular formula is C23H18Br2N2O3. The number of amides is 1. The molecule has 0 aliphatic carbocycles. The molecule has 4 rings (SSSR count). The molecule has 4 aromatic rings. The van der Waals surface area contributed by atoms with Gasteiger partial charge in [0, 0.05) is 15.7 Å². The summed E-state index contributed by atoms with van der Waals surface area (Å²) in [5.74, 6) is 0.732. The third kappa shape index (κ3) is 4.00. The number of hydrogen-bond donors (Lipinski definition) is 1. The highest BCUT2D eigenvalue weighted by atomic mass is 79.9. The van der Waals surface area contributed by atoms with Crippen molar-refractivity contribution in [3.63, 3.8) is 0 Å². The second-order valence-electron chi connectivity index (χ2n) is 6.92. The Hall–Kier alpha value is -2.64. The van der Waals surface area contributed by atoms with Crippen molar-refractivity contribution in [1.82, 2.24) is 4.98 Å². The predicted octanol–water partition coefficient (Wildman–Crippen LogP) is 6.90. The van der Waals surface area contributed by atoms with Gasteiger partial charge in [0.15, 0.2) is 5.58 Å². The average molecular weight is 530 g/mol. The van der Waals surface area contributed by atoms with E-state index in [1.807, 2.05) is 12.1 Å². The van der Waals surface area contributed by atoms with Crippen LogP contribution in [0.1, 0.15) is 21.5 Å². The number of anilines is 1. The molecule has 5 nitrogen and oxygen atoms in total. The summed E-state index contributed by atoms with van der Waals surface area (Å²) in [5, 5.41) is 2.90. The lowest BCUT2D eigenvalue weighted by Gasteiger charge is -2.11. The van der Waals surface area contributed by atoms with Crippen molar-refractivity contribution in [2.24, 2.45) is 0 Å². The van der Waals surface area contributed by atoms with Crippen molar-refractivity contribution in [3.8, 4) is 17.2 Å². The Balaban J connectivity index is 1.64. The SMILES string of the molecule is COc1c(Br)cc(Br)cc1C(=O)Nc1ccc2oc(-c3ccc(C)c(C)c3)nc2c1. The quantitative estimate of drug-likeness (QED) is 0.312. The van der Waals surface area contributed by atoms with E-state index in [1.54, 1.807) is 24.3 Å². The van der Waals surface area contributed by atoms with E-state index in [0.717, 1.165) is 10.0 Å². The summed E-state index contributed by atoms with van der Waals surface area (Å²) >= 11 is 6.83. The minimum atomic E-state index is -0.286. The van der Waals surface area contributed by atoms with Crippen LogP contribution in [0.3, 0.4) is 0 Å². The molecule has 0 saturated carbocycles. The first-order chi connectivity index (χ1) is 14.4. The van der Waals surface area contributed by atoms with Gasteiger partial charge in [0.2, 0.25) is 5.89 Å². The number of nitrogens with one attached hydrogen (secondary N) is 1. The van der Waals surface area contributed by atoms with Crippen LogP contribution in [0.4, 0.5) is 5.69 Å². The van der Waals surface area contributed by atoms with Crippen molar-refractivity contribution >= 4 is 54.6 Å². The smallest absolute Gasteiger partial charge is 0.259 e. The van der Waals surface area contributed by atoms with Crippen molar-refractivity contribution in [2.75, 3.05) is 12.4 Å². The van der Waals surface area contributed by atoms with E-state index in [4.69, 9.17) is 9.15 Å². The molecule has 0 saturated heterocycles. The molecule has 1 amide bonds. The number of aromatic nitrogens is 1. The molecule has 0 unspecified atom stereocenters. The molecule has 152 valence electrons. The van der Waals surface area contributed by atoms with Gasteiger partial charge in [-0.05, 0) is 83.4 Å². The first-order valence-electron chi connectivity index (χ1n) is 9.18. The molecule has 0 aliphatic heterocycles. The van der Waals surface area contributed by atoms with Crippen molar-refractivity contribution < 1.29 is 13.9 Å². The molecule has 0 radical (unpaired) electrons. The van der Waals surface area contributed by atoms with Crippen molar-refractivity contribution in [1.29, 1.82) is 0 Å². The fourth-order valence-electron chi connectivity index (χ4n) is 3.14. The highest BCUT2D eigenvalue weighted by molar-refractivity contribution is 9.11. The Morgan fingerprint density at radius 1 is 1.03 bits per heavy atom. The van der Waals surface area contributed by atoms with Crippen LogP contribution in [-0.4, -0.2) is 18.0 Å². The first kappa shape index (κ1) is 20.6. The van der Waals surface area contributed by atoms with Crippen LogP contribution in [0.5, 0.6) is 5.75 Å². The fraction of sp³-hybridized carbons (Fsp3) is 0.130. The average Bonchev–Trinajstić information content (AvgIpc) is 3.13. The highest BCUT2D eigenvalue weighted by Crippen LogP contribution is 2.33. The van der Waals surface area contributed by atoms with Gasteiger partial charge in [-0.3, -0.25) is 4.79 Å². The van der Waals surface area contributed by atoms with E-state index in [0.29, 0.717) is 38.5 Å². The van der Waals surface area contributed by atoms with Crippen LogP contribution in [0.25, 0.3) is 22.6 Å². The second kappa shape index (κ2) is 8.24. The van der Waals surface area contributed by atoms with Gasteiger partial charge in [0.05, 0.1) is 17.1 Å². The Bertz CT molecular complexity index is 1280. The molecule has 0 bridgehead atoms. The van der Waals surface area contributed by atoms with Crippen molar-refractivity contribution in [3.05, 3.63) is 74.2 Å². The summed E-state index contributed by atoms with van der Waals surface area (Å²) in [4.78, 5) is 17.5. The van der Waals surface area contributed by atoms with E-state index in [2.05, 4.69) is 68.1 Å². The first-order valence-corrected chi connectivity index (χ1v) is 10.8. The molecule has 1 N–H and O–H groups in total. The van der Waals surface area contributed by atoms with Crippen molar-refractivity contribution in [2.45, 2.75) is 13.8 Å². The topological polar surface area (TPSA) is 64.4 Å². The maximum Gasteiger partial charge on any atom is 0.259 e. The molecule has 0 fully saturated rings. The summed E-state index contributed by atoms with van der Waals surface area (Å²) in [6.07, 6.45) is 0. The number of aryl methyl sites for hydroxylation is 2. The third-order valence-electron chi connectivity index (χ3n) is 4.86. The number of benzene rings is 3. The maximum absolute atomic E-state index is 12.9. The monoisotopic (exact) mass is 528 g/mol. The Kier molecular flexibility index (Phi) is 5.66. The normalized spacial score (nSPS) is 11.0. The zero-order chi connectivity index (χ0) is 21.4. The molecule has 3 aromatic carbocycles. The third-order valence-corrected chi connectivity index (χ3v) is 5.90. The van der Waals surface area contributed by atoms with Gasteiger partial charge >= 0.3 is 0 Å². The van der Waals surface area contributed by atoms with Gasteiger partial charge in [0.25, 0.3) is 5.91 Å². The largest absolute Gasteiger partial charge is 0.495 e. The molecule has 0 atom stereocenters. The predicted molar refractivity (Wildman–Crippen MR) is 125 cm³/mol. The van der Waals surface area contributed by atoms with Crippen LogP contribution in [0, 0.1) is 13.8 Å². The maximum atomic E-state index is 12.9.